The van der Waals surface area contributed by atoms with E-state index in [1.807, 2.05) is 6.07 Å². The van der Waals surface area contributed by atoms with Crippen molar-refractivity contribution >= 4 is 0 Å². The minimum Gasteiger partial charge on any atom is -0.313 e. The third-order valence-electron chi connectivity index (χ3n) is 4.68. The molecule has 0 amide bonds. The van der Waals surface area contributed by atoms with Gasteiger partial charge in [-0.05, 0) is 41.5 Å². The molecule has 0 unspecified atom stereocenters. The fourth-order valence-electron chi connectivity index (χ4n) is 3.28. The SMILES string of the molecule is CCC[C@](C)(CC#N)CCNCc1ccccc1-c1ccccc1. The summed E-state index contributed by atoms with van der Waals surface area (Å²) in [5.41, 5.74) is 4.01. The van der Waals surface area contributed by atoms with Crippen LogP contribution in [0.5, 0.6) is 0 Å². The lowest BCUT2D eigenvalue weighted by Gasteiger charge is -2.26. The van der Waals surface area contributed by atoms with Gasteiger partial charge in [0.1, 0.15) is 0 Å². The van der Waals surface area contributed by atoms with E-state index in [0.717, 1.165) is 32.4 Å². The molecule has 126 valence electrons. The number of benzene rings is 2. The van der Waals surface area contributed by atoms with Crippen molar-refractivity contribution in [2.24, 2.45) is 5.41 Å². The highest BCUT2D eigenvalue weighted by atomic mass is 14.8. The predicted molar refractivity (Wildman–Crippen MR) is 101 cm³/mol. The normalized spacial score (nSPS) is 13.2. The van der Waals surface area contributed by atoms with Gasteiger partial charge >= 0.3 is 0 Å². The summed E-state index contributed by atoms with van der Waals surface area (Å²) < 4.78 is 0. The van der Waals surface area contributed by atoms with Gasteiger partial charge in [-0.25, -0.2) is 0 Å². The fraction of sp³-hybridized carbons (Fsp3) is 0.409. The van der Waals surface area contributed by atoms with Crippen LogP contribution in [0.2, 0.25) is 0 Å². The molecule has 24 heavy (non-hydrogen) atoms. The van der Waals surface area contributed by atoms with Gasteiger partial charge in [0.15, 0.2) is 0 Å². The van der Waals surface area contributed by atoms with Gasteiger partial charge in [-0.15, -0.1) is 0 Å². The highest BCUT2D eigenvalue weighted by molar-refractivity contribution is 5.67. The first-order valence-corrected chi connectivity index (χ1v) is 8.89. The van der Waals surface area contributed by atoms with Gasteiger partial charge in [0, 0.05) is 13.0 Å². The van der Waals surface area contributed by atoms with Crippen LogP contribution in [0.3, 0.4) is 0 Å². The summed E-state index contributed by atoms with van der Waals surface area (Å²) >= 11 is 0. The van der Waals surface area contributed by atoms with E-state index in [1.165, 1.54) is 16.7 Å². The molecule has 0 heterocycles. The minimum absolute atomic E-state index is 0.134. The van der Waals surface area contributed by atoms with E-state index < -0.39 is 0 Å². The molecule has 1 atom stereocenters. The molecule has 0 radical (unpaired) electrons. The highest BCUT2D eigenvalue weighted by Crippen LogP contribution is 2.31. The van der Waals surface area contributed by atoms with Gasteiger partial charge in [0.2, 0.25) is 0 Å². The molecule has 0 aliphatic heterocycles. The van der Waals surface area contributed by atoms with Gasteiger partial charge in [0.25, 0.3) is 0 Å². The lowest BCUT2D eigenvalue weighted by molar-refractivity contribution is 0.271. The molecular weight excluding hydrogens is 292 g/mol. The van der Waals surface area contributed by atoms with Crippen molar-refractivity contribution in [3.63, 3.8) is 0 Å². The van der Waals surface area contributed by atoms with Crippen molar-refractivity contribution in [1.82, 2.24) is 5.32 Å². The Morgan fingerprint density at radius 3 is 2.42 bits per heavy atom. The molecule has 1 N–H and O–H groups in total. The third kappa shape index (κ3) is 5.22. The Morgan fingerprint density at radius 1 is 1.00 bits per heavy atom. The molecule has 0 fully saturated rings. The molecule has 0 saturated heterocycles. The van der Waals surface area contributed by atoms with Crippen LogP contribution in [0.15, 0.2) is 54.6 Å². The summed E-state index contributed by atoms with van der Waals surface area (Å²) in [6.45, 7) is 6.24. The lowest BCUT2D eigenvalue weighted by atomic mass is 9.80. The number of nitriles is 1. The minimum atomic E-state index is 0.134. The van der Waals surface area contributed by atoms with Crippen LogP contribution in [-0.2, 0) is 6.54 Å². The van der Waals surface area contributed by atoms with Crippen molar-refractivity contribution in [2.75, 3.05) is 6.54 Å². The maximum Gasteiger partial charge on any atom is 0.0627 e. The molecule has 2 aromatic carbocycles. The molecule has 0 saturated carbocycles. The molecule has 0 aliphatic rings. The average molecular weight is 320 g/mol. The first-order valence-electron chi connectivity index (χ1n) is 8.89. The van der Waals surface area contributed by atoms with Crippen molar-refractivity contribution in [3.8, 4) is 17.2 Å². The van der Waals surface area contributed by atoms with Gasteiger partial charge in [-0.3, -0.25) is 0 Å². The maximum absolute atomic E-state index is 9.06. The van der Waals surface area contributed by atoms with Crippen molar-refractivity contribution in [1.29, 1.82) is 5.26 Å². The second-order valence-corrected chi connectivity index (χ2v) is 6.85. The molecule has 2 heteroatoms. The van der Waals surface area contributed by atoms with E-state index in [-0.39, 0.29) is 5.41 Å². The summed E-state index contributed by atoms with van der Waals surface area (Å²) in [5, 5.41) is 12.6. The Hall–Kier alpha value is -2.11. The monoisotopic (exact) mass is 320 g/mol. The van der Waals surface area contributed by atoms with Crippen LogP contribution in [0.25, 0.3) is 11.1 Å². The fourth-order valence-corrected chi connectivity index (χ4v) is 3.28. The van der Waals surface area contributed by atoms with E-state index in [9.17, 15) is 0 Å². The maximum atomic E-state index is 9.06. The molecule has 2 aromatic rings. The van der Waals surface area contributed by atoms with Crippen LogP contribution < -0.4 is 5.32 Å². The van der Waals surface area contributed by atoms with E-state index in [4.69, 9.17) is 5.26 Å². The molecule has 2 nitrogen and oxygen atoms in total. The largest absolute Gasteiger partial charge is 0.313 e. The number of rotatable bonds is 9. The van der Waals surface area contributed by atoms with Crippen LogP contribution >= 0.6 is 0 Å². The van der Waals surface area contributed by atoms with Gasteiger partial charge in [-0.1, -0.05) is 74.9 Å². The molecule has 0 aliphatic carbocycles. The Bertz CT molecular complexity index is 657. The molecular formula is C22H28N2. The second-order valence-electron chi connectivity index (χ2n) is 6.85. The molecule has 2 rings (SSSR count). The predicted octanol–water partition coefficient (Wildman–Crippen LogP) is 5.55. The zero-order chi connectivity index (χ0) is 17.3. The Morgan fingerprint density at radius 2 is 1.71 bits per heavy atom. The van der Waals surface area contributed by atoms with Crippen LogP contribution in [0.4, 0.5) is 0 Å². The quantitative estimate of drug-likeness (QED) is 0.615. The van der Waals surface area contributed by atoms with Crippen LogP contribution in [0.1, 0.15) is 45.1 Å². The zero-order valence-electron chi connectivity index (χ0n) is 14.9. The highest BCUT2D eigenvalue weighted by Gasteiger charge is 2.22. The zero-order valence-corrected chi connectivity index (χ0v) is 14.9. The second kappa shape index (κ2) is 9.25. The lowest BCUT2D eigenvalue weighted by Crippen LogP contribution is -2.24. The standard InChI is InChI=1S/C22H28N2/c1-3-13-22(2,14-16-23)15-17-24-18-20-11-7-8-12-21(20)19-9-5-4-6-10-19/h4-12,24H,3,13-15,17-18H2,1-2H3/t22-/m1/s1. The van der Waals surface area contributed by atoms with Gasteiger partial charge < -0.3 is 5.32 Å². The Labute approximate surface area is 146 Å². The average Bonchev–Trinajstić information content (AvgIpc) is 2.60. The number of hydrogen-bond acceptors (Lipinski definition) is 2. The molecule has 0 aromatic heterocycles. The van der Waals surface area contributed by atoms with Crippen molar-refractivity contribution < 1.29 is 0 Å². The van der Waals surface area contributed by atoms with Gasteiger partial charge in [-0.2, -0.15) is 5.26 Å². The van der Waals surface area contributed by atoms with E-state index in [0.29, 0.717) is 6.42 Å². The van der Waals surface area contributed by atoms with Crippen molar-refractivity contribution in [2.45, 2.75) is 46.1 Å². The van der Waals surface area contributed by atoms with Crippen molar-refractivity contribution in [3.05, 3.63) is 60.2 Å². The molecule has 0 bridgehead atoms. The topological polar surface area (TPSA) is 35.8 Å². The van der Waals surface area contributed by atoms with Crippen LogP contribution in [-0.4, -0.2) is 6.54 Å². The Kier molecular flexibility index (Phi) is 7.03. The summed E-state index contributed by atoms with van der Waals surface area (Å²) in [5.74, 6) is 0. The Balaban J connectivity index is 1.95. The molecule has 0 spiro atoms. The van der Waals surface area contributed by atoms with E-state index >= 15 is 0 Å². The first kappa shape index (κ1) is 18.2. The summed E-state index contributed by atoms with van der Waals surface area (Å²) in [7, 11) is 0. The first-order chi connectivity index (χ1) is 11.7. The number of hydrogen-bond donors (Lipinski definition) is 1. The van der Waals surface area contributed by atoms with E-state index in [2.05, 4.69) is 73.8 Å². The summed E-state index contributed by atoms with van der Waals surface area (Å²) in [6.07, 6.45) is 3.93. The van der Waals surface area contributed by atoms with E-state index in [1.54, 1.807) is 0 Å². The van der Waals surface area contributed by atoms with Gasteiger partial charge in [0.05, 0.1) is 6.07 Å². The van der Waals surface area contributed by atoms with Crippen LogP contribution in [0, 0.1) is 16.7 Å². The summed E-state index contributed by atoms with van der Waals surface area (Å²) in [6, 6.07) is 21.4. The smallest absolute Gasteiger partial charge is 0.0627 e. The third-order valence-corrected chi connectivity index (χ3v) is 4.68. The summed E-state index contributed by atoms with van der Waals surface area (Å²) in [4.78, 5) is 0. The number of nitrogens with zero attached hydrogens (tertiary/aromatic N) is 1. The number of nitrogens with one attached hydrogen (secondary N) is 1.